The van der Waals surface area contributed by atoms with Crippen molar-refractivity contribution in [2.75, 3.05) is 18.8 Å². The summed E-state index contributed by atoms with van der Waals surface area (Å²) in [6, 6.07) is 0. The second-order valence-electron chi connectivity index (χ2n) is 4.03. The van der Waals surface area contributed by atoms with E-state index in [0.717, 1.165) is 11.8 Å². The second kappa shape index (κ2) is 6.02. The average molecular weight is 261 g/mol. The highest BCUT2D eigenvalue weighted by atomic mass is 32.2. The molecule has 0 aromatic rings. The zero-order chi connectivity index (χ0) is 13.0. The van der Waals surface area contributed by atoms with Gasteiger partial charge in [-0.1, -0.05) is 11.8 Å². The Hall–Kier alpha value is -1.08. The van der Waals surface area contributed by atoms with E-state index in [1.165, 1.54) is 11.8 Å². The third kappa shape index (κ3) is 4.35. The van der Waals surface area contributed by atoms with Gasteiger partial charge in [0.1, 0.15) is 0 Å². The van der Waals surface area contributed by atoms with Crippen LogP contribution in [0.4, 0.5) is 0 Å². The Labute approximate surface area is 103 Å². The Morgan fingerprint density at radius 1 is 1.59 bits per heavy atom. The van der Waals surface area contributed by atoms with Gasteiger partial charge in [0, 0.05) is 25.6 Å². The van der Waals surface area contributed by atoms with E-state index in [0.29, 0.717) is 18.7 Å². The smallest absolute Gasteiger partial charge is 0.334 e. The van der Waals surface area contributed by atoms with Gasteiger partial charge >= 0.3 is 5.97 Å². The van der Waals surface area contributed by atoms with Crippen molar-refractivity contribution in [1.82, 2.24) is 4.90 Å². The Morgan fingerprint density at radius 3 is 2.76 bits per heavy atom. The molecule has 0 aromatic heterocycles. The number of carboxylic acid groups (broad SMARTS) is 1. The molecule has 17 heavy (non-hydrogen) atoms. The SMILES string of the molecule is CC(=O)SCC1CC(=O)N(C[C@H](O)C(=O)O)C1. The summed E-state index contributed by atoms with van der Waals surface area (Å²) in [6.45, 7) is 1.69. The molecular formula is C10H15NO5S. The lowest BCUT2D eigenvalue weighted by molar-refractivity contribution is -0.148. The Balaban J connectivity index is 2.41. The number of β-amino-alcohol motifs (C(OH)–C–C–N with tert-alkyl or cyclic N) is 1. The molecule has 1 unspecified atom stereocenters. The fourth-order valence-electron chi connectivity index (χ4n) is 1.66. The highest BCUT2D eigenvalue weighted by Gasteiger charge is 2.32. The van der Waals surface area contributed by atoms with Crippen LogP contribution in [-0.4, -0.2) is 57.1 Å². The molecular weight excluding hydrogens is 246 g/mol. The number of hydrogen-bond acceptors (Lipinski definition) is 5. The molecule has 0 bridgehead atoms. The fourth-order valence-corrected chi connectivity index (χ4v) is 2.36. The van der Waals surface area contributed by atoms with Gasteiger partial charge in [-0.25, -0.2) is 4.79 Å². The molecule has 7 heteroatoms. The molecule has 0 saturated carbocycles. The van der Waals surface area contributed by atoms with Gasteiger partial charge in [0.25, 0.3) is 0 Å². The third-order valence-electron chi connectivity index (χ3n) is 2.50. The summed E-state index contributed by atoms with van der Waals surface area (Å²) < 4.78 is 0. The van der Waals surface area contributed by atoms with E-state index >= 15 is 0 Å². The van der Waals surface area contributed by atoms with Crippen LogP contribution in [0.5, 0.6) is 0 Å². The molecule has 0 aliphatic carbocycles. The van der Waals surface area contributed by atoms with E-state index in [1.54, 1.807) is 0 Å². The van der Waals surface area contributed by atoms with E-state index in [9.17, 15) is 14.4 Å². The van der Waals surface area contributed by atoms with Crippen LogP contribution in [0.1, 0.15) is 13.3 Å². The third-order valence-corrected chi connectivity index (χ3v) is 3.54. The summed E-state index contributed by atoms with van der Waals surface area (Å²) in [7, 11) is 0. The van der Waals surface area contributed by atoms with E-state index in [1.807, 2.05) is 0 Å². The van der Waals surface area contributed by atoms with Crippen LogP contribution < -0.4 is 0 Å². The fraction of sp³-hybridized carbons (Fsp3) is 0.700. The van der Waals surface area contributed by atoms with Crippen molar-refractivity contribution >= 4 is 28.8 Å². The number of carbonyl (C=O) groups excluding carboxylic acids is 2. The van der Waals surface area contributed by atoms with Crippen LogP contribution in [0, 0.1) is 5.92 Å². The molecule has 1 aliphatic heterocycles. The standard InChI is InChI=1S/C10H15NO5S/c1-6(12)17-5-7-2-9(14)11(3-7)4-8(13)10(15)16/h7-8,13H,2-5H2,1H3,(H,15,16)/t7?,8-/m0/s1. The van der Waals surface area contributed by atoms with Crippen LogP contribution in [0.15, 0.2) is 0 Å². The first kappa shape index (κ1) is 14.0. The summed E-state index contributed by atoms with van der Waals surface area (Å²) in [5, 5.41) is 17.7. The minimum atomic E-state index is -1.54. The number of carbonyl (C=O) groups is 3. The monoisotopic (exact) mass is 261 g/mol. The topological polar surface area (TPSA) is 94.9 Å². The van der Waals surface area contributed by atoms with Crippen LogP contribution in [0.2, 0.25) is 0 Å². The lowest BCUT2D eigenvalue weighted by atomic mass is 10.1. The number of aliphatic carboxylic acids is 1. The van der Waals surface area contributed by atoms with Crippen LogP contribution in [-0.2, 0) is 14.4 Å². The van der Waals surface area contributed by atoms with Gasteiger partial charge < -0.3 is 15.1 Å². The molecule has 1 saturated heterocycles. The van der Waals surface area contributed by atoms with E-state index in [2.05, 4.69) is 0 Å². The predicted molar refractivity (Wildman–Crippen MR) is 61.5 cm³/mol. The van der Waals surface area contributed by atoms with Crippen LogP contribution >= 0.6 is 11.8 Å². The van der Waals surface area contributed by atoms with E-state index < -0.39 is 12.1 Å². The molecule has 1 rings (SSSR count). The minimum absolute atomic E-state index is 0.00136. The maximum absolute atomic E-state index is 11.5. The number of likely N-dealkylation sites (tertiary alicyclic amines) is 1. The van der Waals surface area contributed by atoms with Gasteiger partial charge in [-0.05, 0) is 5.92 Å². The normalized spacial score (nSPS) is 21.6. The number of thioether (sulfide) groups is 1. The highest BCUT2D eigenvalue weighted by Crippen LogP contribution is 2.22. The number of hydrogen-bond donors (Lipinski definition) is 2. The molecule has 2 N–H and O–H groups in total. The zero-order valence-electron chi connectivity index (χ0n) is 9.46. The second-order valence-corrected chi connectivity index (χ2v) is 5.22. The number of aliphatic hydroxyl groups is 1. The number of rotatable bonds is 5. The van der Waals surface area contributed by atoms with Gasteiger partial charge in [0.2, 0.25) is 5.91 Å². The van der Waals surface area contributed by atoms with Gasteiger partial charge in [0.05, 0.1) is 6.54 Å². The Bertz CT molecular complexity index is 333. The maximum Gasteiger partial charge on any atom is 0.334 e. The van der Waals surface area contributed by atoms with E-state index in [-0.39, 0.29) is 23.5 Å². The first-order chi connectivity index (χ1) is 7.90. The maximum atomic E-state index is 11.5. The summed E-state index contributed by atoms with van der Waals surface area (Å²) in [6.07, 6.45) is -1.23. The predicted octanol–water partition coefficient (Wildman–Crippen LogP) is -0.440. The highest BCUT2D eigenvalue weighted by molar-refractivity contribution is 8.13. The zero-order valence-corrected chi connectivity index (χ0v) is 10.3. The van der Waals surface area contributed by atoms with Crippen molar-refractivity contribution in [1.29, 1.82) is 0 Å². The van der Waals surface area contributed by atoms with Crippen LogP contribution in [0.25, 0.3) is 0 Å². The molecule has 1 heterocycles. The lowest BCUT2D eigenvalue weighted by Crippen LogP contribution is -2.37. The van der Waals surface area contributed by atoms with Gasteiger partial charge in [-0.15, -0.1) is 0 Å². The van der Waals surface area contributed by atoms with Crippen molar-refractivity contribution < 1.29 is 24.6 Å². The molecule has 1 amide bonds. The van der Waals surface area contributed by atoms with Crippen molar-refractivity contribution in [3.63, 3.8) is 0 Å². The van der Waals surface area contributed by atoms with Gasteiger partial charge in [0.15, 0.2) is 11.2 Å². The molecule has 0 aromatic carbocycles. The largest absolute Gasteiger partial charge is 0.479 e. The van der Waals surface area contributed by atoms with Crippen LogP contribution in [0.3, 0.4) is 0 Å². The van der Waals surface area contributed by atoms with Crippen molar-refractivity contribution in [2.45, 2.75) is 19.4 Å². The molecule has 1 fully saturated rings. The molecule has 1 aliphatic rings. The minimum Gasteiger partial charge on any atom is -0.479 e. The van der Waals surface area contributed by atoms with Crippen molar-refractivity contribution in [3.8, 4) is 0 Å². The Morgan fingerprint density at radius 2 is 2.24 bits per heavy atom. The summed E-state index contributed by atoms with van der Waals surface area (Å²) in [4.78, 5) is 34.1. The number of aliphatic hydroxyl groups excluding tert-OH is 1. The summed E-state index contributed by atoms with van der Waals surface area (Å²) >= 11 is 1.16. The molecule has 6 nitrogen and oxygen atoms in total. The molecule has 0 radical (unpaired) electrons. The van der Waals surface area contributed by atoms with Gasteiger partial charge in [-0.3, -0.25) is 9.59 Å². The average Bonchev–Trinajstić information content (AvgIpc) is 2.56. The Kier molecular flexibility index (Phi) is 4.95. The summed E-state index contributed by atoms with van der Waals surface area (Å²) in [5.41, 5.74) is 0. The summed E-state index contributed by atoms with van der Waals surface area (Å²) in [5.74, 6) is -0.892. The number of carboxylic acids is 1. The molecule has 0 spiro atoms. The number of amides is 1. The van der Waals surface area contributed by atoms with E-state index in [4.69, 9.17) is 10.2 Å². The first-order valence-corrected chi connectivity index (χ1v) is 6.20. The van der Waals surface area contributed by atoms with Gasteiger partial charge in [-0.2, -0.15) is 0 Å². The quantitative estimate of drug-likeness (QED) is 0.696. The number of nitrogens with zero attached hydrogens (tertiary/aromatic N) is 1. The molecule has 96 valence electrons. The molecule has 2 atom stereocenters. The van der Waals surface area contributed by atoms with Crippen molar-refractivity contribution in [3.05, 3.63) is 0 Å². The van der Waals surface area contributed by atoms with Crippen molar-refractivity contribution in [2.24, 2.45) is 5.92 Å². The lowest BCUT2D eigenvalue weighted by Gasteiger charge is -2.18. The first-order valence-electron chi connectivity index (χ1n) is 5.22.